The van der Waals surface area contributed by atoms with Gasteiger partial charge in [-0.3, -0.25) is 19.3 Å². The minimum atomic E-state index is -0.312. The molecule has 3 atom stereocenters. The van der Waals surface area contributed by atoms with E-state index in [1.54, 1.807) is 48.5 Å². The third-order valence-corrected chi connectivity index (χ3v) is 7.04. The standard InChI is InChI=1S/C27H23ClN2O3/c28-23-8-4-5-9-24(23)29-25(31)18-10-13-20(14-11-18)30-26(32)21-15-12-19(16-22(21)27(30)33)17-6-2-1-3-7-17/h1-11,13-14,19,21-22H,12,15-16H2,(H,29,31). The van der Waals surface area contributed by atoms with Gasteiger partial charge in [0.1, 0.15) is 0 Å². The topological polar surface area (TPSA) is 66.5 Å². The van der Waals surface area contributed by atoms with E-state index in [4.69, 9.17) is 11.6 Å². The molecule has 5 nitrogen and oxygen atoms in total. The SMILES string of the molecule is O=C(Nc1ccccc1Cl)c1ccc(N2C(=O)C3CCC(c4ccccc4)CC3C2=O)cc1. The number of para-hydroxylation sites is 1. The minimum absolute atomic E-state index is 0.134. The summed E-state index contributed by atoms with van der Waals surface area (Å²) in [7, 11) is 0. The quantitative estimate of drug-likeness (QED) is 0.512. The summed E-state index contributed by atoms with van der Waals surface area (Å²) in [6.07, 6.45) is 2.30. The fourth-order valence-corrected chi connectivity index (χ4v) is 5.16. The number of fused-ring (bicyclic) bond motifs is 1. The Morgan fingerprint density at radius 1 is 0.818 bits per heavy atom. The predicted octanol–water partition coefficient (Wildman–Crippen LogP) is 5.67. The Morgan fingerprint density at radius 2 is 1.48 bits per heavy atom. The Kier molecular flexibility index (Phi) is 5.73. The maximum atomic E-state index is 13.2. The second-order valence-corrected chi connectivity index (χ2v) is 9.03. The first-order valence-electron chi connectivity index (χ1n) is 11.1. The summed E-state index contributed by atoms with van der Waals surface area (Å²) < 4.78 is 0. The molecule has 5 rings (SSSR count). The van der Waals surface area contributed by atoms with Crippen LogP contribution in [-0.2, 0) is 9.59 Å². The molecule has 166 valence electrons. The average Bonchev–Trinajstić information content (AvgIpc) is 3.10. The van der Waals surface area contributed by atoms with E-state index in [0.29, 0.717) is 40.7 Å². The van der Waals surface area contributed by atoms with Crippen molar-refractivity contribution in [2.45, 2.75) is 25.2 Å². The highest BCUT2D eigenvalue weighted by Crippen LogP contribution is 2.45. The van der Waals surface area contributed by atoms with E-state index in [0.717, 1.165) is 6.42 Å². The van der Waals surface area contributed by atoms with E-state index >= 15 is 0 Å². The molecule has 1 aliphatic carbocycles. The van der Waals surface area contributed by atoms with Crippen LogP contribution in [0, 0.1) is 11.8 Å². The van der Waals surface area contributed by atoms with Gasteiger partial charge in [-0.2, -0.15) is 0 Å². The normalized spacial score (nSPS) is 22.2. The lowest BCUT2D eigenvalue weighted by atomic mass is 9.73. The summed E-state index contributed by atoms with van der Waals surface area (Å²) in [6, 6.07) is 23.8. The van der Waals surface area contributed by atoms with E-state index in [1.165, 1.54) is 10.5 Å². The Balaban J connectivity index is 1.31. The first-order chi connectivity index (χ1) is 16.0. The van der Waals surface area contributed by atoms with Crippen molar-refractivity contribution in [3.8, 4) is 0 Å². The van der Waals surface area contributed by atoms with Crippen molar-refractivity contribution in [3.63, 3.8) is 0 Å². The molecule has 1 aliphatic heterocycles. The van der Waals surface area contributed by atoms with Gasteiger partial charge in [-0.25, -0.2) is 0 Å². The molecule has 33 heavy (non-hydrogen) atoms. The molecule has 3 aromatic rings. The molecule has 2 aliphatic rings. The Hall–Kier alpha value is -3.44. The fourth-order valence-electron chi connectivity index (χ4n) is 4.98. The minimum Gasteiger partial charge on any atom is -0.321 e. The van der Waals surface area contributed by atoms with Crippen LogP contribution in [-0.4, -0.2) is 17.7 Å². The second kappa shape index (κ2) is 8.83. The van der Waals surface area contributed by atoms with Crippen LogP contribution in [0.2, 0.25) is 5.02 Å². The van der Waals surface area contributed by atoms with Gasteiger partial charge in [-0.05, 0) is 67.1 Å². The summed E-state index contributed by atoms with van der Waals surface area (Å²) >= 11 is 6.11. The van der Waals surface area contributed by atoms with Crippen molar-refractivity contribution in [1.82, 2.24) is 0 Å². The van der Waals surface area contributed by atoms with Gasteiger partial charge in [0.15, 0.2) is 0 Å². The third kappa shape index (κ3) is 4.05. The number of hydrogen-bond acceptors (Lipinski definition) is 3. The van der Waals surface area contributed by atoms with E-state index in [-0.39, 0.29) is 29.6 Å². The van der Waals surface area contributed by atoms with Crippen LogP contribution in [0.4, 0.5) is 11.4 Å². The van der Waals surface area contributed by atoms with Crippen LogP contribution in [0.3, 0.4) is 0 Å². The lowest BCUT2D eigenvalue weighted by Crippen LogP contribution is -2.30. The summed E-state index contributed by atoms with van der Waals surface area (Å²) in [4.78, 5) is 40.2. The summed E-state index contributed by atoms with van der Waals surface area (Å²) in [5.41, 5.74) is 2.67. The van der Waals surface area contributed by atoms with E-state index in [2.05, 4.69) is 17.4 Å². The smallest absolute Gasteiger partial charge is 0.255 e. The Labute approximate surface area is 197 Å². The van der Waals surface area contributed by atoms with Crippen molar-refractivity contribution in [2.24, 2.45) is 11.8 Å². The second-order valence-electron chi connectivity index (χ2n) is 8.63. The number of amides is 3. The Bertz CT molecular complexity index is 1210. The number of halogens is 1. The molecule has 6 heteroatoms. The number of hydrogen-bond donors (Lipinski definition) is 1. The van der Waals surface area contributed by atoms with Gasteiger partial charge in [0.25, 0.3) is 5.91 Å². The van der Waals surface area contributed by atoms with Gasteiger partial charge in [0, 0.05) is 5.56 Å². The number of benzene rings is 3. The number of nitrogens with one attached hydrogen (secondary N) is 1. The molecule has 0 aromatic heterocycles. The monoisotopic (exact) mass is 458 g/mol. The molecule has 3 amide bonds. The summed E-state index contributed by atoms with van der Waals surface area (Å²) in [5, 5.41) is 3.23. The highest BCUT2D eigenvalue weighted by molar-refractivity contribution is 6.33. The van der Waals surface area contributed by atoms with Crippen LogP contribution in [0.5, 0.6) is 0 Å². The van der Waals surface area contributed by atoms with Crippen LogP contribution >= 0.6 is 11.6 Å². The number of rotatable bonds is 4. The van der Waals surface area contributed by atoms with Gasteiger partial charge >= 0.3 is 0 Å². The van der Waals surface area contributed by atoms with E-state index < -0.39 is 0 Å². The number of anilines is 2. The Morgan fingerprint density at radius 3 is 2.21 bits per heavy atom. The van der Waals surface area contributed by atoms with E-state index in [9.17, 15) is 14.4 Å². The van der Waals surface area contributed by atoms with Crippen molar-refractivity contribution >= 4 is 40.7 Å². The largest absolute Gasteiger partial charge is 0.321 e. The van der Waals surface area contributed by atoms with Crippen LogP contribution in [0.25, 0.3) is 0 Å². The van der Waals surface area contributed by atoms with Gasteiger partial charge in [0.05, 0.1) is 28.2 Å². The number of carbonyl (C=O) groups excluding carboxylic acids is 3. The van der Waals surface area contributed by atoms with Gasteiger partial charge in [-0.1, -0.05) is 54.1 Å². The molecule has 0 radical (unpaired) electrons. The first-order valence-corrected chi connectivity index (χ1v) is 11.5. The third-order valence-electron chi connectivity index (χ3n) is 6.71. The zero-order chi connectivity index (χ0) is 22.9. The van der Waals surface area contributed by atoms with E-state index in [1.807, 2.05) is 18.2 Å². The molecule has 3 unspecified atom stereocenters. The van der Waals surface area contributed by atoms with Crippen LogP contribution in [0.15, 0.2) is 78.9 Å². The number of carbonyl (C=O) groups is 3. The van der Waals surface area contributed by atoms with Gasteiger partial charge in [-0.15, -0.1) is 0 Å². The number of imide groups is 1. The highest BCUT2D eigenvalue weighted by atomic mass is 35.5. The van der Waals surface area contributed by atoms with Crippen molar-refractivity contribution in [2.75, 3.05) is 10.2 Å². The maximum Gasteiger partial charge on any atom is 0.255 e. The molecule has 3 aromatic carbocycles. The summed E-state index contributed by atoms with van der Waals surface area (Å²) in [5.74, 6) is -0.850. The zero-order valence-electron chi connectivity index (χ0n) is 17.9. The number of nitrogens with zero attached hydrogens (tertiary/aromatic N) is 1. The lowest BCUT2D eigenvalue weighted by Gasteiger charge is -2.28. The lowest BCUT2D eigenvalue weighted by molar-refractivity contribution is -0.122. The average molecular weight is 459 g/mol. The zero-order valence-corrected chi connectivity index (χ0v) is 18.7. The van der Waals surface area contributed by atoms with Crippen LogP contribution < -0.4 is 10.2 Å². The molecule has 0 spiro atoms. The first kappa shape index (κ1) is 21.4. The molecule has 1 saturated carbocycles. The van der Waals surface area contributed by atoms with Crippen molar-refractivity contribution in [1.29, 1.82) is 0 Å². The van der Waals surface area contributed by atoms with Crippen LogP contribution in [0.1, 0.15) is 41.1 Å². The van der Waals surface area contributed by atoms with Crippen molar-refractivity contribution in [3.05, 3.63) is 95.0 Å². The molecule has 1 heterocycles. The molecular weight excluding hydrogens is 436 g/mol. The molecule has 1 N–H and O–H groups in total. The maximum absolute atomic E-state index is 13.2. The fraction of sp³-hybridized carbons (Fsp3) is 0.222. The predicted molar refractivity (Wildman–Crippen MR) is 128 cm³/mol. The molecule has 1 saturated heterocycles. The molecule has 0 bridgehead atoms. The van der Waals surface area contributed by atoms with Gasteiger partial charge < -0.3 is 5.32 Å². The van der Waals surface area contributed by atoms with Crippen molar-refractivity contribution < 1.29 is 14.4 Å². The van der Waals surface area contributed by atoms with Gasteiger partial charge in [0.2, 0.25) is 11.8 Å². The molecule has 2 fully saturated rings. The highest BCUT2D eigenvalue weighted by Gasteiger charge is 2.50. The molecular formula is C27H23ClN2O3. The summed E-state index contributed by atoms with van der Waals surface area (Å²) in [6.45, 7) is 0.